The van der Waals surface area contributed by atoms with Crippen LogP contribution >= 0.6 is 11.3 Å². The van der Waals surface area contributed by atoms with E-state index in [0.717, 1.165) is 38.2 Å². The van der Waals surface area contributed by atoms with Gasteiger partial charge in [0.15, 0.2) is 0 Å². The topological polar surface area (TPSA) is 32.8 Å². The molecule has 2 atom stereocenters. The Morgan fingerprint density at radius 1 is 1.27 bits per heavy atom. The second-order valence-corrected chi connectivity index (χ2v) is 8.43. The number of hydrogen-bond acceptors (Lipinski definition) is 4. The molecule has 2 aromatic rings. The number of carbonyl (C=O) groups is 1. The van der Waals surface area contributed by atoms with Crippen molar-refractivity contribution in [1.82, 2.24) is 9.80 Å². The normalized spacial score (nSPS) is 23.1. The third kappa shape index (κ3) is 3.51. The lowest BCUT2D eigenvalue weighted by molar-refractivity contribution is -0.133. The summed E-state index contributed by atoms with van der Waals surface area (Å²) in [5, 5.41) is 2.16. The zero-order valence-electron chi connectivity index (χ0n) is 15.5. The van der Waals surface area contributed by atoms with Crippen molar-refractivity contribution in [2.75, 3.05) is 26.7 Å². The number of likely N-dealkylation sites (tertiary alicyclic amines) is 1. The second-order valence-electron chi connectivity index (χ2n) is 7.43. The zero-order chi connectivity index (χ0) is 18.1. The van der Waals surface area contributed by atoms with E-state index >= 15 is 0 Å². The third-order valence-electron chi connectivity index (χ3n) is 5.73. The van der Waals surface area contributed by atoms with E-state index in [2.05, 4.69) is 40.3 Å². The Bertz CT molecular complexity index is 771. The molecule has 1 aromatic carbocycles. The van der Waals surface area contributed by atoms with Crippen molar-refractivity contribution in [3.8, 4) is 5.75 Å². The highest BCUT2D eigenvalue weighted by molar-refractivity contribution is 7.10. The van der Waals surface area contributed by atoms with Crippen LogP contribution in [0.2, 0.25) is 0 Å². The van der Waals surface area contributed by atoms with Crippen LogP contribution in [0, 0.1) is 0 Å². The zero-order valence-corrected chi connectivity index (χ0v) is 16.3. The summed E-state index contributed by atoms with van der Waals surface area (Å²) in [6.45, 7) is 5.44. The van der Waals surface area contributed by atoms with E-state index in [1.165, 1.54) is 16.0 Å². The lowest BCUT2D eigenvalue weighted by Gasteiger charge is -2.29. The molecule has 0 N–H and O–H groups in total. The van der Waals surface area contributed by atoms with E-state index in [0.29, 0.717) is 18.5 Å². The van der Waals surface area contributed by atoms with Gasteiger partial charge in [-0.1, -0.05) is 12.1 Å². The molecule has 5 heteroatoms. The smallest absolute Gasteiger partial charge is 0.237 e. The van der Waals surface area contributed by atoms with Crippen molar-refractivity contribution in [3.63, 3.8) is 0 Å². The van der Waals surface area contributed by atoms with Gasteiger partial charge in [0.25, 0.3) is 0 Å². The number of methoxy groups -OCH3 is 1. The highest BCUT2D eigenvalue weighted by Crippen LogP contribution is 2.33. The first-order chi connectivity index (χ1) is 12.6. The monoisotopic (exact) mass is 370 g/mol. The molecular formula is C21H26N2O2S. The Morgan fingerprint density at radius 2 is 2.08 bits per heavy atom. The number of nitrogens with zero attached hydrogens (tertiary/aromatic N) is 2. The summed E-state index contributed by atoms with van der Waals surface area (Å²) in [5.74, 6) is 1.57. The molecule has 2 aliphatic heterocycles. The van der Waals surface area contributed by atoms with Crippen molar-refractivity contribution in [2.45, 2.75) is 38.3 Å². The largest absolute Gasteiger partial charge is 0.497 e. The predicted molar refractivity (Wildman–Crippen MR) is 105 cm³/mol. The fourth-order valence-corrected chi connectivity index (χ4v) is 5.11. The maximum atomic E-state index is 12.9. The molecule has 4 rings (SSSR count). The molecule has 1 saturated heterocycles. The van der Waals surface area contributed by atoms with Crippen LogP contribution in [0.15, 0.2) is 35.7 Å². The molecule has 4 nitrogen and oxygen atoms in total. The molecule has 1 amide bonds. The molecule has 0 unspecified atom stereocenters. The minimum atomic E-state index is 0.271. The first kappa shape index (κ1) is 17.6. The van der Waals surface area contributed by atoms with Crippen molar-refractivity contribution in [3.05, 3.63) is 51.7 Å². The van der Waals surface area contributed by atoms with Crippen LogP contribution in [0.4, 0.5) is 0 Å². The van der Waals surface area contributed by atoms with Gasteiger partial charge in [-0.3, -0.25) is 9.69 Å². The minimum absolute atomic E-state index is 0.271. The van der Waals surface area contributed by atoms with Crippen LogP contribution < -0.4 is 4.74 Å². The van der Waals surface area contributed by atoms with Gasteiger partial charge < -0.3 is 9.64 Å². The summed E-state index contributed by atoms with van der Waals surface area (Å²) in [4.78, 5) is 18.8. The van der Waals surface area contributed by atoms with Crippen LogP contribution in [-0.4, -0.2) is 48.5 Å². The van der Waals surface area contributed by atoms with Crippen LogP contribution in [-0.2, 0) is 17.8 Å². The van der Waals surface area contributed by atoms with E-state index in [1.54, 1.807) is 7.11 Å². The molecule has 1 aromatic heterocycles. The molecule has 2 aliphatic rings. The van der Waals surface area contributed by atoms with Crippen molar-refractivity contribution >= 4 is 17.2 Å². The van der Waals surface area contributed by atoms with E-state index in [4.69, 9.17) is 4.74 Å². The molecule has 26 heavy (non-hydrogen) atoms. The van der Waals surface area contributed by atoms with Crippen LogP contribution in [0.3, 0.4) is 0 Å². The third-order valence-corrected chi connectivity index (χ3v) is 6.75. The minimum Gasteiger partial charge on any atom is -0.497 e. The van der Waals surface area contributed by atoms with Gasteiger partial charge in [0.1, 0.15) is 5.75 Å². The molecule has 0 radical (unpaired) electrons. The standard InChI is InChI=1S/C21H26N2O2S/c1-15-11-18(16-3-5-19(25-2)6-4-16)13-23(15)21(24)14-22-9-7-20-17(12-22)8-10-26-20/h3-6,8,10,15,18H,7,9,11-14H2,1-2H3/t15-,18-/m0/s1. The number of fused-ring (bicyclic) bond motifs is 1. The van der Waals surface area contributed by atoms with Gasteiger partial charge in [-0.05, 0) is 54.5 Å². The van der Waals surface area contributed by atoms with E-state index in [-0.39, 0.29) is 5.91 Å². The summed E-state index contributed by atoms with van der Waals surface area (Å²) in [5.41, 5.74) is 2.70. The van der Waals surface area contributed by atoms with Gasteiger partial charge in [0.05, 0.1) is 13.7 Å². The summed E-state index contributed by atoms with van der Waals surface area (Å²) < 4.78 is 5.25. The van der Waals surface area contributed by atoms with Gasteiger partial charge in [0.2, 0.25) is 5.91 Å². The summed E-state index contributed by atoms with van der Waals surface area (Å²) in [6.07, 6.45) is 2.11. The predicted octanol–water partition coefficient (Wildman–Crippen LogP) is 3.52. The van der Waals surface area contributed by atoms with Gasteiger partial charge in [-0.15, -0.1) is 11.3 Å². The van der Waals surface area contributed by atoms with Crippen LogP contribution in [0.1, 0.15) is 35.3 Å². The lowest BCUT2D eigenvalue weighted by atomic mass is 9.97. The number of carbonyl (C=O) groups excluding carboxylic acids is 1. The average Bonchev–Trinajstić information content (AvgIpc) is 3.27. The Balaban J connectivity index is 1.37. The van der Waals surface area contributed by atoms with Crippen molar-refractivity contribution < 1.29 is 9.53 Å². The number of thiophene rings is 1. The molecule has 0 bridgehead atoms. The number of benzene rings is 1. The van der Waals surface area contributed by atoms with E-state index < -0.39 is 0 Å². The molecule has 1 fully saturated rings. The summed E-state index contributed by atoms with van der Waals surface area (Å²) >= 11 is 1.84. The summed E-state index contributed by atoms with van der Waals surface area (Å²) in [6, 6.07) is 10.8. The highest BCUT2D eigenvalue weighted by atomic mass is 32.1. The fraction of sp³-hybridized carbons (Fsp3) is 0.476. The van der Waals surface area contributed by atoms with Crippen molar-refractivity contribution in [1.29, 1.82) is 0 Å². The molecule has 138 valence electrons. The molecule has 0 aliphatic carbocycles. The quantitative estimate of drug-likeness (QED) is 0.826. The van der Waals surface area contributed by atoms with Gasteiger partial charge >= 0.3 is 0 Å². The van der Waals surface area contributed by atoms with Crippen LogP contribution in [0.25, 0.3) is 0 Å². The molecule has 0 spiro atoms. The lowest BCUT2D eigenvalue weighted by Crippen LogP contribution is -2.43. The van der Waals surface area contributed by atoms with Crippen molar-refractivity contribution in [2.24, 2.45) is 0 Å². The van der Waals surface area contributed by atoms with E-state index in [9.17, 15) is 4.79 Å². The average molecular weight is 371 g/mol. The molecule has 3 heterocycles. The Kier molecular flexibility index (Phi) is 5.00. The fourth-order valence-electron chi connectivity index (χ4n) is 4.22. The van der Waals surface area contributed by atoms with Gasteiger partial charge in [0, 0.05) is 36.5 Å². The Morgan fingerprint density at radius 3 is 2.85 bits per heavy atom. The first-order valence-electron chi connectivity index (χ1n) is 9.35. The van der Waals surface area contributed by atoms with Gasteiger partial charge in [-0.25, -0.2) is 0 Å². The maximum absolute atomic E-state index is 12.9. The molecular weight excluding hydrogens is 344 g/mol. The Hall–Kier alpha value is -1.85. The first-order valence-corrected chi connectivity index (χ1v) is 10.2. The number of rotatable bonds is 4. The number of amides is 1. The summed E-state index contributed by atoms with van der Waals surface area (Å²) in [7, 11) is 1.69. The van der Waals surface area contributed by atoms with E-state index in [1.807, 2.05) is 23.5 Å². The highest BCUT2D eigenvalue weighted by Gasteiger charge is 2.34. The van der Waals surface area contributed by atoms with Gasteiger partial charge in [-0.2, -0.15) is 0 Å². The Labute approximate surface area is 159 Å². The molecule has 0 saturated carbocycles. The number of ether oxygens (including phenoxy) is 1. The second kappa shape index (κ2) is 7.41. The SMILES string of the molecule is COc1ccc([C@H]2C[C@H](C)N(C(=O)CN3CCc4sccc4C3)C2)cc1. The number of hydrogen-bond donors (Lipinski definition) is 0. The van der Waals surface area contributed by atoms with Crippen LogP contribution in [0.5, 0.6) is 5.75 Å². The maximum Gasteiger partial charge on any atom is 0.237 e.